The lowest BCUT2D eigenvalue weighted by Gasteiger charge is -2.15. The van der Waals surface area contributed by atoms with Crippen LogP contribution in [0.1, 0.15) is 24.4 Å². The number of phenols is 1. The molecule has 0 amide bonds. The smallest absolute Gasteiger partial charge is 0.123 e. The van der Waals surface area contributed by atoms with Crippen LogP contribution in [0.25, 0.3) is 0 Å². The third kappa shape index (κ3) is 3.24. The zero-order valence-electron chi connectivity index (χ0n) is 8.21. The predicted molar refractivity (Wildman–Crippen MR) is 63.3 cm³/mol. The Kier molecular flexibility index (Phi) is 4.67. The highest BCUT2D eigenvalue weighted by atomic mass is 35.5. The molecule has 15 heavy (non-hydrogen) atoms. The fourth-order valence-corrected chi connectivity index (χ4v) is 2.04. The summed E-state index contributed by atoms with van der Waals surface area (Å²) in [6.45, 7) is 0.569. The van der Waals surface area contributed by atoms with Gasteiger partial charge in [0, 0.05) is 16.6 Å². The minimum Gasteiger partial charge on any atom is -0.508 e. The van der Waals surface area contributed by atoms with E-state index in [4.69, 9.17) is 34.7 Å². The Morgan fingerprint density at radius 2 is 2.00 bits per heavy atom. The topological polar surface area (TPSA) is 72.3 Å². The van der Waals surface area contributed by atoms with Gasteiger partial charge in [0.2, 0.25) is 0 Å². The van der Waals surface area contributed by atoms with E-state index in [0.29, 0.717) is 28.6 Å². The van der Waals surface area contributed by atoms with Crippen LogP contribution in [0.15, 0.2) is 12.1 Å². The Balaban J connectivity index is 2.92. The Labute approximate surface area is 99.0 Å². The van der Waals surface area contributed by atoms with Crippen molar-refractivity contribution in [3.8, 4) is 5.75 Å². The van der Waals surface area contributed by atoms with Gasteiger partial charge in [0.1, 0.15) is 5.75 Å². The predicted octanol–water partition coefficient (Wildman–Crippen LogP) is 2.44. The molecule has 0 saturated heterocycles. The third-order valence-corrected chi connectivity index (χ3v) is 2.69. The van der Waals surface area contributed by atoms with Crippen molar-refractivity contribution in [2.45, 2.75) is 18.9 Å². The minimum atomic E-state index is -0.307. The minimum absolute atomic E-state index is 0.0389. The summed E-state index contributed by atoms with van der Waals surface area (Å²) in [4.78, 5) is 0. The van der Waals surface area contributed by atoms with Gasteiger partial charge in [0.15, 0.2) is 0 Å². The van der Waals surface area contributed by atoms with Crippen molar-refractivity contribution >= 4 is 23.2 Å². The summed E-state index contributed by atoms with van der Waals surface area (Å²) in [5, 5.41) is 10.5. The summed E-state index contributed by atoms with van der Waals surface area (Å²) < 4.78 is 0. The van der Waals surface area contributed by atoms with E-state index < -0.39 is 0 Å². The van der Waals surface area contributed by atoms with Crippen LogP contribution in [0.5, 0.6) is 5.75 Å². The number of rotatable bonds is 4. The van der Waals surface area contributed by atoms with Gasteiger partial charge in [-0.25, -0.2) is 0 Å². The van der Waals surface area contributed by atoms with Gasteiger partial charge >= 0.3 is 0 Å². The van der Waals surface area contributed by atoms with Crippen LogP contribution in [0, 0.1) is 0 Å². The van der Waals surface area contributed by atoms with E-state index in [1.54, 1.807) is 6.07 Å². The molecule has 5 N–H and O–H groups in total. The van der Waals surface area contributed by atoms with E-state index in [0.717, 1.165) is 6.42 Å². The van der Waals surface area contributed by atoms with E-state index in [2.05, 4.69) is 0 Å². The molecule has 1 rings (SSSR count). The molecule has 5 heteroatoms. The number of aromatic hydroxyl groups is 1. The molecule has 0 aromatic heterocycles. The summed E-state index contributed by atoms with van der Waals surface area (Å²) >= 11 is 11.7. The highest BCUT2D eigenvalue weighted by molar-refractivity contribution is 6.35. The lowest BCUT2D eigenvalue weighted by Crippen LogP contribution is -2.13. The van der Waals surface area contributed by atoms with Gasteiger partial charge in [-0.2, -0.15) is 0 Å². The van der Waals surface area contributed by atoms with Crippen LogP contribution in [-0.4, -0.2) is 11.7 Å². The maximum absolute atomic E-state index is 9.66. The number of hydrogen-bond donors (Lipinski definition) is 3. The molecule has 0 radical (unpaired) electrons. The zero-order chi connectivity index (χ0) is 11.4. The normalized spacial score (nSPS) is 12.8. The Hall–Kier alpha value is -0.480. The number of nitrogens with two attached hydrogens (primary N) is 2. The standard InChI is InChI=1S/C10H14Cl2N2O/c11-6-4-7(12)10(9(15)5-6)8(14)2-1-3-13/h4-5,8,15H,1-3,13-14H2/t8-/m0/s1. The molecule has 0 spiro atoms. The van der Waals surface area contributed by atoms with Gasteiger partial charge in [-0.05, 0) is 31.5 Å². The molecular formula is C10H14Cl2N2O. The largest absolute Gasteiger partial charge is 0.508 e. The molecule has 0 saturated carbocycles. The lowest BCUT2D eigenvalue weighted by atomic mass is 10.0. The number of hydrogen-bond acceptors (Lipinski definition) is 3. The van der Waals surface area contributed by atoms with Crippen molar-refractivity contribution in [2.75, 3.05) is 6.54 Å². The van der Waals surface area contributed by atoms with Crippen molar-refractivity contribution in [1.29, 1.82) is 0 Å². The molecule has 0 heterocycles. The number of halogens is 2. The van der Waals surface area contributed by atoms with Crippen molar-refractivity contribution in [3.05, 3.63) is 27.7 Å². The van der Waals surface area contributed by atoms with Gasteiger partial charge in [0.25, 0.3) is 0 Å². The molecule has 1 aromatic rings. The molecule has 0 aliphatic carbocycles. The average molecular weight is 249 g/mol. The quantitative estimate of drug-likeness (QED) is 0.767. The van der Waals surface area contributed by atoms with E-state index >= 15 is 0 Å². The molecule has 0 fully saturated rings. The first-order valence-electron chi connectivity index (χ1n) is 4.69. The maximum Gasteiger partial charge on any atom is 0.123 e. The van der Waals surface area contributed by atoms with Gasteiger partial charge in [-0.3, -0.25) is 0 Å². The van der Waals surface area contributed by atoms with Gasteiger partial charge in [-0.15, -0.1) is 0 Å². The first-order valence-corrected chi connectivity index (χ1v) is 5.45. The second-order valence-corrected chi connectivity index (χ2v) is 4.20. The van der Waals surface area contributed by atoms with Gasteiger partial charge < -0.3 is 16.6 Å². The molecule has 0 unspecified atom stereocenters. The monoisotopic (exact) mass is 248 g/mol. The van der Waals surface area contributed by atoms with E-state index in [1.165, 1.54) is 6.07 Å². The van der Waals surface area contributed by atoms with Crippen molar-refractivity contribution in [3.63, 3.8) is 0 Å². The summed E-state index contributed by atoms with van der Waals surface area (Å²) in [6, 6.07) is 2.70. The van der Waals surface area contributed by atoms with E-state index in [1.807, 2.05) is 0 Å². The van der Waals surface area contributed by atoms with Crippen LogP contribution in [0.2, 0.25) is 10.0 Å². The van der Waals surface area contributed by atoms with Crippen LogP contribution < -0.4 is 11.5 Å². The second kappa shape index (κ2) is 5.56. The van der Waals surface area contributed by atoms with Crippen molar-refractivity contribution in [1.82, 2.24) is 0 Å². The van der Waals surface area contributed by atoms with Crippen molar-refractivity contribution in [2.24, 2.45) is 11.5 Å². The lowest BCUT2D eigenvalue weighted by molar-refractivity contribution is 0.457. The van der Waals surface area contributed by atoms with Gasteiger partial charge in [0.05, 0.1) is 5.02 Å². The molecule has 0 bridgehead atoms. The number of phenolic OH excluding ortho intramolecular Hbond substituents is 1. The van der Waals surface area contributed by atoms with Crippen LogP contribution >= 0.6 is 23.2 Å². The summed E-state index contributed by atoms with van der Waals surface area (Å²) in [7, 11) is 0. The second-order valence-electron chi connectivity index (χ2n) is 3.36. The third-order valence-electron chi connectivity index (χ3n) is 2.16. The summed E-state index contributed by atoms with van der Waals surface area (Å²) in [5.74, 6) is 0.0389. The van der Waals surface area contributed by atoms with E-state index in [-0.39, 0.29) is 11.8 Å². The highest BCUT2D eigenvalue weighted by Crippen LogP contribution is 2.35. The first kappa shape index (κ1) is 12.6. The maximum atomic E-state index is 9.66. The summed E-state index contributed by atoms with van der Waals surface area (Å²) in [6.07, 6.45) is 1.48. The number of benzene rings is 1. The highest BCUT2D eigenvalue weighted by Gasteiger charge is 2.15. The Morgan fingerprint density at radius 1 is 1.33 bits per heavy atom. The fraction of sp³-hybridized carbons (Fsp3) is 0.400. The van der Waals surface area contributed by atoms with Crippen molar-refractivity contribution < 1.29 is 5.11 Å². The zero-order valence-corrected chi connectivity index (χ0v) is 9.72. The van der Waals surface area contributed by atoms with E-state index in [9.17, 15) is 5.11 Å². The van der Waals surface area contributed by atoms with Gasteiger partial charge in [-0.1, -0.05) is 23.2 Å². The SMILES string of the molecule is NCCC[C@H](N)c1c(O)cc(Cl)cc1Cl. The average Bonchev–Trinajstić information content (AvgIpc) is 2.12. The molecule has 0 aliphatic rings. The Bertz CT molecular complexity index is 321. The molecule has 0 aliphatic heterocycles. The summed E-state index contributed by atoms with van der Waals surface area (Å²) in [5.41, 5.74) is 11.8. The van der Waals surface area contributed by atoms with Crippen LogP contribution in [0.4, 0.5) is 0 Å². The molecular weight excluding hydrogens is 235 g/mol. The first-order chi connectivity index (χ1) is 7.06. The van der Waals surface area contributed by atoms with Crippen LogP contribution in [0.3, 0.4) is 0 Å². The fourth-order valence-electron chi connectivity index (χ4n) is 1.42. The molecule has 84 valence electrons. The molecule has 3 nitrogen and oxygen atoms in total. The Morgan fingerprint density at radius 3 is 2.53 bits per heavy atom. The molecule has 1 aromatic carbocycles. The molecule has 1 atom stereocenters. The van der Waals surface area contributed by atoms with Crippen LogP contribution in [-0.2, 0) is 0 Å².